The SMILES string of the molecule is CN(C)[C@@H]1C(O)=C(C(N)=O)C(=O)[C@@]2(O)C(O)C3C(=O)c4c(cc(I)c(N)c4O)CC3CC12.I. The zero-order chi connectivity index (χ0) is 23.9. The number of phenols is 1. The molecule has 180 valence electrons. The molecule has 6 atom stereocenters. The summed E-state index contributed by atoms with van der Waals surface area (Å²) in [7, 11) is 3.19. The quantitative estimate of drug-likeness (QED) is 0.109. The number of ketones is 2. The van der Waals surface area contributed by atoms with Gasteiger partial charge in [0.2, 0.25) is 5.78 Å². The Kier molecular flexibility index (Phi) is 6.83. The monoisotopic (exact) mass is 685 g/mol. The van der Waals surface area contributed by atoms with E-state index in [1.54, 1.807) is 20.2 Å². The van der Waals surface area contributed by atoms with Gasteiger partial charge >= 0.3 is 0 Å². The predicted octanol–water partition coefficient (Wildman–Crippen LogP) is 0.0904. The predicted molar refractivity (Wildman–Crippen MR) is 136 cm³/mol. The molecule has 1 aromatic carbocycles. The molecule has 4 rings (SSSR count). The van der Waals surface area contributed by atoms with Crippen LogP contribution in [0.15, 0.2) is 17.4 Å². The van der Waals surface area contributed by atoms with Gasteiger partial charge in [0.05, 0.1) is 23.2 Å². The van der Waals surface area contributed by atoms with Gasteiger partial charge in [0.1, 0.15) is 17.4 Å². The lowest BCUT2D eigenvalue weighted by molar-refractivity contribution is -0.190. The Morgan fingerprint density at radius 1 is 1.27 bits per heavy atom. The van der Waals surface area contributed by atoms with Gasteiger partial charge in [-0.25, -0.2) is 0 Å². The van der Waals surface area contributed by atoms with E-state index in [-0.39, 0.29) is 41.6 Å². The molecule has 1 fully saturated rings. The first-order valence-corrected chi connectivity index (χ1v) is 11.1. The van der Waals surface area contributed by atoms with Crippen LogP contribution in [0.3, 0.4) is 0 Å². The summed E-state index contributed by atoms with van der Waals surface area (Å²) in [6.07, 6.45) is -1.49. The second-order valence-corrected chi connectivity index (χ2v) is 10.1. The molecule has 4 unspecified atom stereocenters. The molecule has 0 bridgehead atoms. The summed E-state index contributed by atoms with van der Waals surface area (Å²) >= 11 is 1.95. The number of hydrogen-bond donors (Lipinski definition) is 6. The third-order valence-electron chi connectivity index (χ3n) is 7.13. The highest BCUT2D eigenvalue weighted by Crippen LogP contribution is 2.53. The maximum absolute atomic E-state index is 13.4. The number of primary amides is 1. The van der Waals surface area contributed by atoms with Crippen molar-refractivity contribution in [3.8, 4) is 5.75 Å². The number of benzene rings is 1. The van der Waals surface area contributed by atoms with Crippen molar-refractivity contribution in [2.75, 3.05) is 19.8 Å². The Bertz CT molecular complexity index is 1110. The molecule has 0 radical (unpaired) electrons. The van der Waals surface area contributed by atoms with Gasteiger partial charge in [-0.3, -0.25) is 19.3 Å². The summed E-state index contributed by atoms with van der Waals surface area (Å²) in [6.45, 7) is 0. The Hall–Kier alpha value is -1.49. The molecule has 33 heavy (non-hydrogen) atoms. The molecule has 3 aliphatic rings. The van der Waals surface area contributed by atoms with E-state index < -0.39 is 70.1 Å². The fourth-order valence-corrected chi connectivity index (χ4v) is 6.36. The minimum absolute atomic E-state index is 0. The lowest BCUT2D eigenvalue weighted by Gasteiger charge is -2.55. The van der Waals surface area contributed by atoms with Crippen molar-refractivity contribution in [3.63, 3.8) is 0 Å². The molecule has 0 aromatic heterocycles. The molecular weight excluding hydrogens is 660 g/mol. The van der Waals surface area contributed by atoms with Crippen molar-refractivity contribution in [1.29, 1.82) is 0 Å². The summed E-state index contributed by atoms with van der Waals surface area (Å²) in [4.78, 5) is 40.1. The number of fused-ring (bicyclic) bond motifs is 3. The number of amides is 1. The minimum Gasteiger partial charge on any atom is -0.510 e. The lowest BCUT2D eigenvalue weighted by atomic mass is 9.53. The second-order valence-electron chi connectivity index (χ2n) is 8.98. The molecular formula is C21H25I2N3O7. The van der Waals surface area contributed by atoms with Crippen molar-refractivity contribution >= 4 is 69.7 Å². The zero-order valence-electron chi connectivity index (χ0n) is 17.8. The van der Waals surface area contributed by atoms with Gasteiger partial charge in [-0.15, -0.1) is 24.0 Å². The summed E-state index contributed by atoms with van der Waals surface area (Å²) in [5.74, 6) is -6.72. The average Bonchev–Trinajstić information content (AvgIpc) is 2.68. The van der Waals surface area contributed by atoms with Crippen LogP contribution in [-0.2, 0) is 16.0 Å². The topological polar surface area (TPSA) is 187 Å². The standard InChI is InChI=1S/C21H24IN3O7.HI/c1-25(2)14-8-4-6-3-7-5-9(22)13(23)16(27)10(7)15(26)11(6)18(29)21(8,32)19(30)12(17(14)28)20(24)31;/h5-6,8,11,14,18,27-29,32H,3-4,23H2,1-2H3,(H2,24,31);1H/t6?,8?,11?,14-,18?,21-;/m0./s1. The van der Waals surface area contributed by atoms with E-state index in [2.05, 4.69) is 0 Å². The summed E-state index contributed by atoms with van der Waals surface area (Å²) < 4.78 is 0.573. The first-order valence-electron chi connectivity index (χ1n) is 10.0. The number of anilines is 1. The van der Waals surface area contributed by atoms with Crippen molar-refractivity contribution in [1.82, 2.24) is 4.90 Å². The molecule has 1 aromatic rings. The molecule has 0 saturated heterocycles. The number of phenolic OH excluding ortho intramolecular Hbond substituents is 1. The first-order chi connectivity index (χ1) is 14.8. The Morgan fingerprint density at radius 2 is 1.88 bits per heavy atom. The molecule has 1 saturated carbocycles. The van der Waals surface area contributed by atoms with Gasteiger partial charge in [0.25, 0.3) is 5.91 Å². The molecule has 1 amide bonds. The van der Waals surface area contributed by atoms with Gasteiger partial charge < -0.3 is 31.9 Å². The third-order valence-corrected chi connectivity index (χ3v) is 8.03. The second kappa shape index (κ2) is 8.62. The van der Waals surface area contributed by atoms with Crippen molar-refractivity contribution in [2.24, 2.45) is 23.5 Å². The number of Topliss-reactive ketones (excluding diaryl/α,β-unsaturated/α-hetero) is 2. The van der Waals surface area contributed by atoms with Crippen LogP contribution in [0, 0.1) is 21.3 Å². The van der Waals surface area contributed by atoms with Gasteiger partial charge in [-0.2, -0.15) is 0 Å². The number of nitrogen functional groups attached to an aromatic ring is 1. The zero-order valence-corrected chi connectivity index (χ0v) is 22.3. The fourth-order valence-electron chi connectivity index (χ4n) is 5.73. The van der Waals surface area contributed by atoms with E-state index >= 15 is 0 Å². The van der Waals surface area contributed by atoms with E-state index in [0.717, 1.165) is 0 Å². The number of hydrogen-bond acceptors (Lipinski definition) is 9. The number of aliphatic hydroxyl groups excluding tert-OH is 2. The van der Waals surface area contributed by atoms with Crippen LogP contribution in [-0.4, -0.2) is 74.6 Å². The molecule has 8 N–H and O–H groups in total. The number of aliphatic hydroxyl groups is 3. The largest absolute Gasteiger partial charge is 0.510 e. The van der Waals surface area contributed by atoms with Crippen molar-refractivity contribution in [2.45, 2.75) is 30.6 Å². The van der Waals surface area contributed by atoms with Crippen LogP contribution in [0.5, 0.6) is 5.75 Å². The number of carbonyl (C=O) groups is 3. The highest BCUT2D eigenvalue weighted by Gasteiger charge is 2.66. The van der Waals surface area contributed by atoms with Crippen LogP contribution in [0.25, 0.3) is 0 Å². The number of carbonyl (C=O) groups excluding carboxylic acids is 3. The Balaban J connectivity index is 0.00000306. The number of halogens is 2. The fraction of sp³-hybridized carbons (Fsp3) is 0.476. The smallest absolute Gasteiger partial charge is 0.255 e. The normalized spacial score (nSPS) is 33.2. The summed E-state index contributed by atoms with van der Waals surface area (Å²) in [5.41, 5.74) is 8.43. The molecule has 0 aliphatic heterocycles. The third kappa shape index (κ3) is 3.47. The van der Waals surface area contributed by atoms with Crippen LogP contribution >= 0.6 is 46.6 Å². The maximum Gasteiger partial charge on any atom is 0.255 e. The number of likely N-dealkylation sites (N-methyl/N-ethyl adjacent to an activating group) is 1. The van der Waals surface area contributed by atoms with Crippen LogP contribution in [0.1, 0.15) is 22.3 Å². The van der Waals surface area contributed by atoms with E-state index in [0.29, 0.717) is 15.6 Å². The lowest BCUT2D eigenvalue weighted by Crippen LogP contribution is -2.71. The van der Waals surface area contributed by atoms with E-state index in [1.807, 2.05) is 22.6 Å². The van der Waals surface area contributed by atoms with Gasteiger partial charge in [-0.1, -0.05) is 0 Å². The van der Waals surface area contributed by atoms with Crippen LogP contribution in [0.4, 0.5) is 5.69 Å². The van der Waals surface area contributed by atoms with Crippen molar-refractivity contribution < 1.29 is 34.8 Å². The molecule has 0 heterocycles. The molecule has 12 heteroatoms. The van der Waals surface area contributed by atoms with Crippen molar-refractivity contribution in [3.05, 3.63) is 32.1 Å². The van der Waals surface area contributed by atoms with E-state index in [9.17, 15) is 34.8 Å². The number of aromatic hydroxyl groups is 1. The maximum atomic E-state index is 13.4. The molecule has 10 nitrogen and oxygen atoms in total. The Morgan fingerprint density at radius 3 is 2.42 bits per heavy atom. The molecule has 3 aliphatic carbocycles. The molecule has 0 spiro atoms. The highest BCUT2D eigenvalue weighted by atomic mass is 127. The number of nitrogens with zero attached hydrogens (tertiary/aromatic N) is 1. The Labute approximate surface area is 220 Å². The average molecular weight is 685 g/mol. The first kappa shape index (κ1) is 26.1. The van der Waals surface area contributed by atoms with Crippen LogP contribution < -0.4 is 11.5 Å². The minimum atomic E-state index is -2.52. The van der Waals surface area contributed by atoms with Crippen LogP contribution in [0.2, 0.25) is 0 Å². The summed E-state index contributed by atoms with van der Waals surface area (Å²) in [6, 6.07) is 0.719. The van der Waals surface area contributed by atoms with Gasteiger partial charge in [0, 0.05) is 9.49 Å². The van der Waals surface area contributed by atoms with Gasteiger partial charge in [0.15, 0.2) is 17.1 Å². The van der Waals surface area contributed by atoms with E-state index in [1.165, 1.54) is 4.90 Å². The highest BCUT2D eigenvalue weighted by molar-refractivity contribution is 14.1. The van der Waals surface area contributed by atoms with Gasteiger partial charge in [-0.05, 0) is 67.1 Å². The van der Waals surface area contributed by atoms with E-state index in [4.69, 9.17) is 11.5 Å². The summed E-state index contributed by atoms with van der Waals surface area (Å²) in [5, 5.41) is 44.0. The number of nitrogens with two attached hydrogens (primary N) is 2. The number of rotatable bonds is 2.